The van der Waals surface area contributed by atoms with E-state index in [0.29, 0.717) is 12.1 Å². The maximum Gasteiger partial charge on any atom is 0.325 e. The maximum absolute atomic E-state index is 12.0. The zero-order valence-corrected chi connectivity index (χ0v) is 13.2. The molecule has 0 saturated carbocycles. The van der Waals surface area contributed by atoms with Crippen LogP contribution in [0.1, 0.15) is 36.1 Å². The van der Waals surface area contributed by atoms with Gasteiger partial charge in [0.2, 0.25) is 5.91 Å². The highest BCUT2D eigenvalue weighted by molar-refractivity contribution is 5.76. The van der Waals surface area contributed by atoms with Gasteiger partial charge < -0.3 is 10.4 Å². The fourth-order valence-corrected chi connectivity index (χ4v) is 2.42. The molecule has 23 heavy (non-hydrogen) atoms. The van der Waals surface area contributed by atoms with Gasteiger partial charge in [0.15, 0.2) is 0 Å². The van der Waals surface area contributed by atoms with E-state index >= 15 is 0 Å². The molecule has 1 heterocycles. The number of carbonyl (C=O) groups excluding carboxylic acids is 1. The molecule has 0 saturated heterocycles. The molecule has 7 heteroatoms. The fraction of sp³-hybridized carbons (Fsp3) is 0.375. The smallest absolute Gasteiger partial charge is 0.325 e. The van der Waals surface area contributed by atoms with Crippen LogP contribution in [0.5, 0.6) is 0 Å². The Morgan fingerprint density at radius 1 is 1.35 bits per heavy atom. The summed E-state index contributed by atoms with van der Waals surface area (Å²) in [5, 5.41) is 19.0. The largest absolute Gasteiger partial charge is 0.480 e. The Balaban J connectivity index is 1.84. The third kappa shape index (κ3) is 4.91. The molecule has 0 aliphatic rings. The van der Waals surface area contributed by atoms with E-state index in [0.717, 1.165) is 5.56 Å². The minimum absolute atomic E-state index is 0.0754. The SMILES string of the molecule is Cc1ccccc1C(C)CC(=O)NCc1cn(CC(=O)O)nn1. The topological polar surface area (TPSA) is 97.1 Å². The van der Waals surface area contributed by atoms with E-state index in [1.165, 1.54) is 16.4 Å². The van der Waals surface area contributed by atoms with Gasteiger partial charge in [-0.3, -0.25) is 9.59 Å². The lowest BCUT2D eigenvalue weighted by molar-refractivity contribution is -0.138. The number of benzene rings is 1. The van der Waals surface area contributed by atoms with E-state index in [2.05, 4.69) is 15.6 Å². The fourth-order valence-electron chi connectivity index (χ4n) is 2.42. The summed E-state index contributed by atoms with van der Waals surface area (Å²) in [5.41, 5.74) is 2.86. The first-order valence-electron chi connectivity index (χ1n) is 7.38. The Kier molecular flexibility index (Phi) is 5.46. The highest BCUT2D eigenvalue weighted by Crippen LogP contribution is 2.22. The van der Waals surface area contributed by atoms with Crippen LogP contribution in [0.4, 0.5) is 0 Å². The lowest BCUT2D eigenvalue weighted by Gasteiger charge is -2.14. The van der Waals surface area contributed by atoms with Crippen molar-refractivity contribution in [3.05, 3.63) is 47.3 Å². The molecule has 0 bridgehead atoms. The molecule has 0 radical (unpaired) electrons. The molecular weight excluding hydrogens is 296 g/mol. The zero-order valence-electron chi connectivity index (χ0n) is 13.2. The number of nitrogens with zero attached hydrogens (tertiary/aromatic N) is 3. The summed E-state index contributed by atoms with van der Waals surface area (Å²) in [6.45, 7) is 4.04. The Hall–Kier alpha value is -2.70. The lowest BCUT2D eigenvalue weighted by Crippen LogP contribution is -2.24. The monoisotopic (exact) mass is 316 g/mol. The number of nitrogens with one attached hydrogen (secondary N) is 1. The Morgan fingerprint density at radius 2 is 2.09 bits per heavy atom. The lowest BCUT2D eigenvalue weighted by atomic mass is 9.93. The van der Waals surface area contributed by atoms with Crippen molar-refractivity contribution >= 4 is 11.9 Å². The molecular formula is C16H20N4O3. The van der Waals surface area contributed by atoms with Crippen molar-refractivity contribution in [2.75, 3.05) is 0 Å². The number of amides is 1. The van der Waals surface area contributed by atoms with E-state index < -0.39 is 5.97 Å². The standard InChI is InChI=1S/C16H20N4O3/c1-11-5-3-4-6-14(11)12(2)7-15(21)17-8-13-9-20(19-18-13)10-16(22)23/h3-6,9,12H,7-8,10H2,1-2H3,(H,17,21)(H,22,23). The van der Waals surface area contributed by atoms with E-state index in [1.807, 2.05) is 38.1 Å². The average molecular weight is 316 g/mol. The van der Waals surface area contributed by atoms with E-state index in [1.54, 1.807) is 0 Å². The Bertz CT molecular complexity index is 696. The molecule has 1 aromatic heterocycles. The van der Waals surface area contributed by atoms with Gasteiger partial charge in [0.25, 0.3) is 0 Å². The summed E-state index contributed by atoms with van der Waals surface area (Å²) >= 11 is 0. The molecule has 0 fully saturated rings. The van der Waals surface area contributed by atoms with Crippen molar-refractivity contribution in [2.45, 2.75) is 39.3 Å². The molecule has 0 aliphatic heterocycles. The van der Waals surface area contributed by atoms with Crippen molar-refractivity contribution in [2.24, 2.45) is 0 Å². The maximum atomic E-state index is 12.0. The zero-order chi connectivity index (χ0) is 16.8. The van der Waals surface area contributed by atoms with Gasteiger partial charge in [-0.05, 0) is 24.0 Å². The predicted octanol–water partition coefficient (Wildman–Crippen LogP) is 1.48. The second-order valence-electron chi connectivity index (χ2n) is 5.54. The molecule has 2 rings (SSSR count). The normalized spacial score (nSPS) is 11.9. The van der Waals surface area contributed by atoms with E-state index in [4.69, 9.17) is 5.11 Å². The van der Waals surface area contributed by atoms with Crippen LogP contribution < -0.4 is 5.32 Å². The summed E-state index contributed by atoms with van der Waals surface area (Å²) in [6, 6.07) is 8.01. The van der Waals surface area contributed by atoms with Gasteiger partial charge in [-0.1, -0.05) is 36.4 Å². The predicted molar refractivity (Wildman–Crippen MR) is 83.7 cm³/mol. The molecule has 0 spiro atoms. The summed E-state index contributed by atoms with van der Waals surface area (Å²) in [6.07, 6.45) is 1.90. The number of carboxylic acid groups (broad SMARTS) is 1. The van der Waals surface area contributed by atoms with Crippen LogP contribution >= 0.6 is 0 Å². The number of aliphatic carboxylic acids is 1. The summed E-state index contributed by atoms with van der Waals surface area (Å²) in [4.78, 5) is 22.6. The molecule has 0 aliphatic carbocycles. The number of aromatic nitrogens is 3. The van der Waals surface area contributed by atoms with Crippen molar-refractivity contribution in [1.82, 2.24) is 20.3 Å². The third-order valence-electron chi connectivity index (χ3n) is 3.56. The van der Waals surface area contributed by atoms with Crippen LogP contribution in [0, 0.1) is 6.92 Å². The minimum atomic E-state index is -0.988. The molecule has 2 aromatic rings. The summed E-state index contributed by atoms with van der Waals surface area (Å²) < 4.78 is 1.22. The van der Waals surface area contributed by atoms with Gasteiger partial charge in [-0.25, -0.2) is 4.68 Å². The van der Waals surface area contributed by atoms with Crippen molar-refractivity contribution in [1.29, 1.82) is 0 Å². The van der Waals surface area contributed by atoms with Gasteiger partial charge in [0, 0.05) is 6.42 Å². The summed E-state index contributed by atoms with van der Waals surface area (Å²) in [7, 11) is 0. The first-order chi connectivity index (χ1) is 11.0. The van der Waals surface area contributed by atoms with Crippen LogP contribution in [0.3, 0.4) is 0 Å². The van der Waals surface area contributed by atoms with Gasteiger partial charge in [0.1, 0.15) is 12.2 Å². The molecule has 122 valence electrons. The van der Waals surface area contributed by atoms with Gasteiger partial charge in [-0.2, -0.15) is 0 Å². The van der Waals surface area contributed by atoms with Crippen molar-refractivity contribution < 1.29 is 14.7 Å². The van der Waals surface area contributed by atoms with Crippen LogP contribution in [-0.4, -0.2) is 32.0 Å². The number of carbonyl (C=O) groups is 2. The number of hydrogen-bond acceptors (Lipinski definition) is 4. The average Bonchev–Trinajstić information content (AvgIpc) is 2.92. The Labute approximate surface area is 134 Å². The number of aryl methyl sites for hydroxylation is 1. The van der Waals surface area contributed by atoms with Gasteiger partial charge in [0.05, 0.1) is 12.7 Å². The molecule has 1 aromatic carbocycles. The molecule has 7 nitrogen and oxygen atoms in total. The van der Waals surface area contributed by atoms with Crippen molar-refractivity contribution in [3.8, 4) is 0 Å². The summed E-state index contributed by atoms with van der Waals surface area (Å²) in [5.74, 6) is -0.940. The second kappa shape index (κ2) is 7.53. The first-order valence-corrected chi connectivity index (χ1v) is 7.38. The molecule has 1 unspecified atom stereocenters. The number of rotatable bonds is 7. The van der Waals surface area contributed by atoms with Gasteiger partial charge in [-0.15, -0.1) is 5.10 Å². The molecule has 1 amide bonds. The van der Waals surface area contributed by atoms with Gasteiger partial charge >= 0.3 is 5.97 Å². The third-order valence-corrected chi connectivity index (χ3v) is 3.56. The second-order valence-corrected chi connectivity index (χ2v) is 5.54. The molecule has 1 atom stereocenters. The minimum Gasteiger partial charge on any atom is -0.480 e. The highest BCUT2D eigenvalue weighted by Gasteiger charge is 2.13. The molecule has 2 N–H and O–H groups in total. The quantitative estimate of drug-likeness (QED) is 0.806. The Morgan fingerprint density at radius 3 is 2.78 bits per heavy atom. The first kappa shape index (κ1) is 16.7. The van der Waals surface area contributed by atoms with Crippen LogP contribution in [0.2, 0.25) is 0 Å². The number of hydrogen-bond donors (Lipinski definition) is 2. The van der Waals surface area contributed by atoms with Crippen LogP contribution in [-0.2, 0) is 22.7 Å². The number of carboxylic acids is 1. The van der Waals surface area contributed by atoms with Crippen molar-refractivity contribution in [3.63, 3.8) is 0 Å². The van der Waals surface area contributed by atoms with Crippen LogP contribution in [0.25, 0.3) is 0 Å². The van der Waals surface area contributed by atoms with E-state index in [9.17, 15) is 9.59 Å². The van der Waals surface area contributed by atoms with E-state index in [-0.39, 0.29) is 24.9 Å². The highest BCUT2D eigenvalue weighted by atomic mass is 16.4. The van der Waals surface area contributed by atoms with Crippen LogP contribution in [0.15, 0.2) is 30.5 Å².